The van der Waals surface area contributed by atoms with Crippen LogP contribution in [0.4, 0.5) is 5.69 Å². The third kappa shape index (κ3) is 4.64. The van der Waals surface area contributed by atoms with Crippen molar-refractivity contribution in [2.24, 2.45) is 0 Å². The predicted molar refractivity (Wildman–Crippen MR) is 150 cm³/mol. The van der Waals surface area contributed by atoms with Crippen molar-refractivity contribution in [3.63, 3.8) is 0 Å². The van der Waals surface area contributed by atoms with Crippen LogP contribution >= 0.6 is 0 Å². The lowest BCUT2D eigenvalue weighted by Crippen LogP contribution is -2.29. The number of benzene rings is 4. The number of carbonyl (C=O) groups excluding carboxylic acids is 2. The zero-order chi connectivity index (χ0) is 26.8. The molecule has 1 aromatic heterocycles. The highest BCUT2D eigenvalue weighted by Crippen LogP contribution is 2.42. The van der Waals surface area contributed by atoms with Gasteiger partial charge >= 0.3 is 0 Å². The van der Waals surface area contributed by atoms with E-state index in [1.165, 1.54) is 4.90 Å². The monoisotopic (exact) mass is 512 g/mol. The fraction of sp³-hybridized carbons (Fsp3) is 0.0606. The van der Waals surface area contributed by atoms with Crippen molar-refractivity contribution < 1.29 is 19.4 Å². The van der Waals surface area contributed by atoms with Gasteiger partial charge in [-0.1, -0.05) is 72.8 Å². The van der Waals surface area contributed by atoms with Crippen molar-refractivity contribution in [3.05, 3.63) is 144 Å². The number of aromatic nitrogens is 1. The number of aliphatic hydroxyl groups is 1. The second kappa shape index (κ2) is 10.3. The maximum Gasteiger partial charge on any atom is 0.300 e. The number of anilines is 1. The van der Waals surface area contributed by atoms with E-state index in [4.69, 9.17) is 4.74 Å². The Labute approximate surface area is 225 Å². The first-order valence-corrected chi connectivity index (χ1v) is 12.6. The predicted octanol–water partition coefficient (Wildman–Crippen LogP) is 6.44. The minimum absolute atomic E-state index is 0.0210. The average Bonchev–Trinajstić information content (AvgIpc) is 3.26. The molecule has 1 amide bonds. The number of aliphatic hydroxyl groups excluding tert-OH is 1. The van der Waals surface area contributed by atoms with Crippen molar-refractivity contribution in [3.8, 4) is 5.75 Å². The Kier molecular flexibility index (Phi) is 6.35. The van der Waals surface area contributed by atoms with Gasteiger partial charge in [-0.05, 0) is 58.3 Å². The maximum atomic E-state index is 13.4. The summed E-state index contributed by atoms with van der Waals surface area (Å²) >= 11 is 0. The first-order chi connectivity index (χ1) is 19.1. The molecule has 6 nitrogen and oxygen atoms in total. The second-order valence-corrected chi connectivity index (χ2v) is 9.29. The Balaban J connectivity index is 1.39. The topological polar surface area (TPSA) is 79.7 Å². The van der Waals surface area contributed by atoms with Crippen LogP contribution in [0.1, 0.15) is 22.7 Å². The number of hydrogen-bond donors (Lipinski definition) is 1. The number of amides is 1. The summed E-state index contributed by atoms with van der Waals surface area (Å²) in [6, 6.07) is 32.7. The fourth-order valence-corrected chi connectivity index (χ4v) is 4.89. The molecular weight excluding hydrogens is 488 g/mol. The molecule has 39 heavy (non-hydrogen) atoms. The number of Topliss-reactive ketones (excluding diaryl/α,β-unsaturated/α-hetero) is 1. The third-order valence-electron chi connectivity index (χ3n) is 6.83. The Morgan fingerprint density at radius 2 is 1.56 bits per heavy atom. The van der Waals surface area contributed by atoms with Gasteiger partial charge in [-0.25, -0.2) is 0 Å². The van der Waals surface area contributed by atoms with E-state index in [0.717, 1.165) is 16.3 Å². The van der Waals surface area contributed by atoms with Crippen molar-refractivity contribution in [2.75, 3.05) is 4.90 Å². The molecule has 5 aromatic rings. The standard InChI is InChI=1S/C33H24N2O4/c36-31(25-13-12-23-9-4-5-10-24(23)19-25)29-30(26-11-6-18-34-20-26)35(33(38)32(29)37)27-14-16-28(17-15-27)39-21-22-7-2-1-3-8-22/h1-20,30,36H,21H2/b31-29-. The summed E-state index contributed by atoms with van der Waals surface area (Å²) in [5, 5.41) is 13.3. The number of rotatable bonds is 6. The van der Waals surface area contributed by atoms with Crippen LogP contribution in [0.25, 0.3) is 16.5 Å². The minimum atomic E-state index is -0.846. The van der Waals surface area contributed by atoms with Gasteiger partial charge in [0.25, 0.3) is 11.7 Å². The summed E-state index contributed by atoms with van der Waals surface area (Å²) in [6.45, 7) is 0.409. The molecule has 4 aromatic carbocycles. The lowest BCUT2D eigenvalue weighted by Gasteiger charge is -2.25. The second-order valence-electron chi connectivity index (χ2n) is 9.29. The summed E-state index contributed by atoms with van der Waals surface area (Å²) in [7, 11) is 0. The van der Waals surface area contributed by atoms with E-state index in [9.17, 15) is 14.7 Å². The summed E-state index contributed by atoms with van der Waals surface area (Å²) in [4.78, 5) is 32.5. The van der Waals surface area contributed by atoms with Gasteiger partial charge in [-0.2, -0.15) is 0 Å². The Morgan fingerprint density at radius 1 is 0.821 bits per heavy atom. The lowest BCUT2D eigenvalue weighted by atomic mass is 9.95. The molecule has 1 saturated heterocycles. The van der Waals surface area contributed by atoms with E-state index < -0.39 is 17.7 Å². The van der Waals surface area contributed by atoms with Crippen molar-refractivity contribution in [2.45, 2.75) is 12.6 Å². The highest BCUT2D eigenvalue weighted by molar-refractivity contribution is 6.51. The number of fused-ring (bicyclic) bond motifs is 1. The minimum Gasteiger partial charge on any atom is -0.507 e. The van der Waals surface area contributed by atoms with Crippen LogP contribution in [0.15, 0.2) is 127 Å². The summed E-state index contributed by atoms with van der Waals surface area (Å²) in [6.07, 6.45) is 3.23. The van der Waals surface area contributed by atoms with Crippen LogP contribution < -0.4 is 9.64 Å². The molecule has 0 saturated carbocycles. The number of carbonyl (C=O) groups is 2. The van der Waals surface area contributed by atoms with E-state index in [0.29, 0.717) is 29.2 Å². The molecule has 0 aliphatic carbocycles. The Morgan fingerprint density at radius 3 is 2.31 bits per heavy atom. The number of ether oxygens (including phenoxy) is 1. The van der Waals surface area contributed by atoms with Crippen LogP contribution in [0.5, 0.6) is 5.75 Å². The quantitative estimate of drug-likeness (QED) is 0.161. The molecule has 2 heterocycles. The number of hydrogen-bond acceptors (Lipinski definition) is 5. The molecule has 0 radical (unpaired) electrons. The van der Waals surface area contributed by atoms with Gasteiger partial charge in [0.1, 0.15) is 18.1 Å². The molecule has 6 heteroatoms. The molecule has 0 spiro atoms. The highest BCUT2D eigenvalue weighted by Gasteiger charge is 2.47. The number of nitrogens with zero attached hydrogens (tertiary/aromatic N) is 2. The Bertz CT molecular complexity index is 1700. The van der Waals surface area contributed by atoms with Gasteiger partial charge in [0.15, 0.2) is 0 Å². The van der Waals surface area contributed by atoms with E-state index >= 15 is 0 Å². The van der Waals surface area contributed by atoms with E-state index in [-0.39, 0.29) is 11.3 Å². The first-order valence-electron chi connectivity index (χ1n) is 12.6. The molecule has 190 valence electrons. The van der Waals surface area contributed by atoms with Crippen LogP contribution in [0, 0.1) is 0 Å². The zero-order valence-corrected chi connectivity index (χ0v) is 20.9. The summed E-state index contributed by atoms with van der Waals surface area (Å²) in [5.41, 5.74) is 2.65. The number of pyridine rings is 1. The first kappa shape index (κ1) is 24.1. The molecule has 1 N–H and O–H groups in total. The molecule has 1 unspecified atom stereocenters. The van der Waals surface area contributed by atoms with E-state index in [1.54, 1.807) is 54.9 Å². The average molecular weight is 513 g/mol. The van der Waals surface area contributed by atoms with Gasteiger partial charge in [-0.3, -0.25) is 19.5 Å². The van der Waals surface area contributed by atoms with Crippen LogP contribution in [0.3, 0.4) is 0 Å². The van der Waals surface area contributed by atoms with Crippen LogP contribution in [0.2, 0.25) is 0 Å². The SMILES string of the molecule is O=C1C(=O)N(c2ccc(OCc3ccccc3)cc2)C(c2cccnc2)/C1=C(/O)c1ccc2ccccc2c1. The van der Waals surface area contributed by atoms with Crippen molar-refractivity contribution >= 4 is 33.9 Å². The van der Waals surface area contributed by atoms with E-state index in [2.05, 4.69) is 4.98 Å². The lowest BCUT2D eigenvalue weighted by molar-refractivity contribution is -0.132. The molecule has 0 bridgehead atoms. The molecular formula is C33H24N2O4. The van der Waals surface area contributed by atoms with Gasteiger partial charge < -0.3 is 9.84 Å². The van der Waals surface area contributed by atoms with Gasteiger partial charge in [0.2, 0.25) is 0 Å². The fourth-order valence-electron chi connectivity index (χ4n) is 4.89. The van der Waals surface area contributed by atoms with E-state index in [1.807, 2.05) is 66.7 Å². The Hall–Kier alpha value is -5.23. The largest absolute Gasteiger partial charge is 0.507 e. The third-order valence-corrected chi connectivity index (χ3v) is 6.83. The van der Waals surface area contributed by atoms with Crippen LogP contribution in [-0.4, -0.2) is 21.8 Å². The number of ketones is 1. The smallest absolute Gasteiger partial charge is 0.300 e. The zero-order valence-electron chi connectivity index (χ0n) is 20.9. The molecule has 1 aliphatic heterocycles. The molecule has 1 fully saturated rings. The highest BCUT2D eigenvalue weighted by atomic mass is 16.5. The van der Waals surface area contributed by atoms with Gasteiger partial charge in [-0.15, -0.1) is 0 Å². The molecule has 1 atom stereocenters. The maximum absolute atomic E-state index is 13.4. The van der Waals surface area contributed by atoms with Crippen LogP contribution in [-0.2, 0) is 16.2 Å². The molecule has 6 rings (SSSR count). The van der Waals surface area contributed by atoms with Gasteiger partial charge in [0, 0.05) is 23.6 Å². The summed E-state index contributed by atoms with van der Waals surface area (Å²) < 4.78 is 5.89. The van der Waals surface area contributed by atoms with Crippen molar-refractivity contribution in [1.82, 2.24) is 4.98 Å². The molecule has 1 aliphatic rings. The van der Waals surface area contributed by atoms with Gasteiger partial charge in [0.05, 0.1) is 11.6 Å². The normalized spacial score (nSPS) is 16.5. The van der Waals surface area contributed by atoms with Crippen molar-refractivity contribution in [1.29, 1.82) is 0 Å². The summed E-state index contributed by atoms with van der Waals surface area (Å²) in [5.74, 6) is -1.06.